The minimum Gasteiger partial charge on any atom is -0.342 e. The maximum Gasteiger partial charge on any atom is 0.274 e. The Bertz CT molecular complexity index is 776. The molecule has 1 saturated heterocycles. The molecule has 2 N–H and O–H groups in total. The normalized spacial score (nSPS) is 27.8. The van der Waals surface area contributed by atoms with Crippen LogP contribution in [0.25, 0.3) is 0 Å². The van der Waals surface area contributed by atoms with Crippen molar-refractivity contribution in [2.75, 3.05) is 19.6 Å². The highest BCUT2D eigenvalue weighted by Crippen LogP contribution is 2.50. The Morgan fingerprint density at radius 2 is 2.07 bits per heavy atom. The summed E-state index contributed by atoms with van der Waals surface area (Å²) in [6, 6.07) is 3.31. The van der Waals surface area contributed by atoms with E-state index < -0.39 is 5.91 Å². The van der Waals surface area contributed by atoms with E-state index in [-0.39, 0.29) is 22.7 Å². The van der Waals surface area contributed by atoms with Crippen molar-refractivity contribution in [2.24, 2.45) is 5.41 Å². The number of nitrogens with zero attached hydrogens (tertiary/aromatic N) is 2. The van der Waals surface area contributed by atoms with Gasteiger partial charge in [0.05, 0.1) is 0 Å². The monoisotopic (exact) mass is 375 g/mol. The van der Waals surface area contributed by atoms with Crippen LogP contribution in [0.15, 0.2) is 12.1 Å². The first kappa shape index (κ1) is 18.4. The van der Waals surface area contributed by atoms with E-state index in [1.807, 2.05) is 4.90 Å². The molecule has 0 aromatic heterocycles. The largest absolute Gasteiger partial charge is 0.342 e. The number of fused-ring (bicyclic) bond motifs is 1. The van der Waals surface area contributed by atoms with Crippen molar-refractivity contribution < 1.29 is 19.2 Å². The van der Waals surface area contributed by atoms with E-state index >= 15 is 0 Å². The van der Waals surface area contributed by atoms with Gasteiger partial charge in [-0.25, -0.2) is 9.87 Å². The molecule has 0 radical (unpaired) electrons. The van der Waals surface area contributed by atoms with Gasteiger partial charge in [-0.05, 0) is 55.2 Å². The van der Waals surface area contributed by atoms with Crippen LogP contribution >= 0.6 is 0 Å². The van der Waals surface area contributed by atoms with Gasteiger partial charge in [-0.3, -0.25) is 19.7 Å². The molecule has 2 fully saturated rings. The third kappa shape index (κ3) is 3.34. The van der Waals surface area contributed by atoms with Gasteiger partial charge in [0, 0.05) is 50.3 Å². The van der Waals surface area contributed by atoms with Crippen LogP contribution in [0, 0.1) is 11.2 Å². The Balaban J connectivity index is 1.43. The van der Waals surface area contributed by atoms with E-state index in [1.54, 1.807) is 18.5 Å². The smallest absolute Gasteiger partial charge is 0.274 e. The molecule has 1 aromatic carbocycles. The number of nitrogens with one attached hydrogen (secondary N) is 1. The Labute approximate surface area is 158 Å². The molecule has 6 nitrogen and oxygen atoms in total. The van der Waals surface area contributed by atoms with Crippen LogP contribution in [0.3, 0.4) is 0 Å². The number of rotatable bonds is 2. The zero-order chi connectivity index (χ0) is 19.2. The standard InChI is InChI=1S/C20H26FN3O3/c1-13(25)24-5-2-4-20(12-24)9-16(10-20)23-6-3-14-7-15(19(26)22-27)8-18(21)17(14)11-23/h7-8,16,27H,2-6,9-12H2,1H3,(H,22,26). The first-order valence-electron chi connectivity index (χ1n) is 9.66. The fourth-order valence-electron chi connectivity index (χ4n) is 5.16. The summed E-state index contributed by atoms with van der Waals surface area (Å²) in [4.78, 5) is 27.6. The van der Waals surface area contributed by atoms with Gasteiger partial charge in [0.15, 0.2) is 0 Å². The summed E-state index contributed by atoms with van der Waals surface area (Å²) in [6.07, 6.45) is 5.07. The summed E-state index contributed by atoms with van der Waals surface area (Å²) < 4.78 is 14.5. The lowest BCUT2D eigenvalue weighted by molar-refractivity contribution is -0.136. The van der Waals surface area contributed by atoms with Crippen molar-refractivity contribution in [3.05, 3.63) is 34.6 Å². The minimum absolute atomic E-state index is 0.149. The van der Waals surface area contributed by atoms with E-state index in [0.717, 1.165) is 44.5 Å². The second kappa shape index (κ2) is 6.87. The molecule has 1 aliphatic carbocycles. The Morgan fingerprint density at radius 1 is 1.30 bits per heavy atom. The summed E-state index contributed by atoms with van der Waals surface area (Å²) in [7, 11) is 0. The first-order chi connectivity index (χ1) is 12.9. The third-order valence-electron chi connectivity index (χ3n) is 6.64. The second-order valence-corrected chi connectivity index (χ2v) is 8.36. The lowest BCUT2D eigenvalue weighted by Gasteiger charge is -2.56. The molecular weight excluding hydrogens is 349 g/mol. The predicted molar refractivity (Wildman–Crippen MR) is 96.7 cm³/mol. The molecule has 4 rings (SSSR count). The van der Waals surface area contributed by atoms with Gasteiger partial charge in [0.25, 0.3) is 5.91 Å². The number of benzene rings is 1. The molecule has 1 saturated carbocycles. The maximum absolute atomic E-state index is 14.5. The number of amides is 2. The summed E-state index contributed by atoms with van der Waals surface area (Å²) in [6.45, 7) is 4.77. The molecule has 27 heavy (non-hydrogen) atoms. The van der Waals surface area contributed by atoms with Crippen LogP contribution < -0.4 is 5.48 Å². The Hall–Kier alpha value is -1.99. The van der Waals surface area contributed by atoms with Crippen LogP contribution in [0.1, 0.15) is 54.1 Å². The highest BCUT2D eigenvalue weighted by molar-refractivity contribution is 5.93. The summed E-state index contributed by atoms with van der Waals surface area (Å²) in [5, 5.41) is 8.76. The highest BCUT2D eigenvalue weighted by Gasteiger charge is 2.49. The number of hydrogen-bond acceptors (Lipinski definition) is 4. The second-order valence-electron chi connectivity index (χ2n) is 8.36. The molecule has 0 unspecified atom stereocenters. The molecule has 2 heterocycles. The molecule has 146 valence electrons. The molecule has 1 spiro atoms. The zero-order valence-electron chi connectivity index (χ0n) is 15.6. The number of carbonyl (C=O) groups is 2. The topological polar surface area (TPSA) is 72.9 Å². The number of likely N-dealkylation sites (tertiary alicyclic amines) is 1. The van der Waals surface area contributed by atoms with Gasteiger partial charge in [-0.1, -0.05) is 0 Å². The van der Waals surface area contributed by atoms with E-state index in [1.165, 1.54) is 12.5 Å². The fourth-order valence-corrected chi connectivity index (χ4v) is 5.16. The van der Waals surface area contributed by atoms with E-state index in [9.17, 15) is 14.0 Å². The SMILES string of the molecule is CC(=O)N1CCCC2(CC(N3CCc4cc(C(=O)NO)cc(F)c4C3)C2)C1. The minimum atomic E-state index is -0.688. The fraction of sp³-hybridized carbons (Fsp3) is 0.600. The van der Waals surface area contributed by atoms with Crippen LogP contribution in [0.5, 0.6) is 0 Å². The average molecular weight is 375 g/mol. The van der Waals surface area contributed by atoms with Gasteiger partial charge in [0.1, 0.15) is 5.82 Å². The van der Waals surface area contributed by atoms with Gasteiger partial charge in [-0.15, -0.1) is 0 Å². The summed E-state index contributed by atoms with van der Waals surface area (Å²) in [5.74, 6) is -0.910. The van der Waals surface area contributed by atoms with Gasteiger partial charge < -0.3 is 4.90 Å². The Morgan fingerprint density at radius 3 is 2.78 bits per heavy atom. The third-order valence-corrected chi connectivity index (χ3v) is 6.64. The number of carbonyl (C=O) groups excluding carboxylic acids is 2. The van der Waals surface area contributed by atoms with Crippen LogP contribution in [-0.2, 0) is 17.8 Å². The molecular formula is C20H26FN3O3. The van der Waals surface area contributed by atoms with E-state index in [2.05, 4.69) is 4.90 Å². The number of halogens is 1. The molecule has 2 aliphatic heterocycles. The number of piperidine rings is 1. The first-order valence-corrected chi connectivity index (χ1v) is 9.66. The van der Waals surface area contributed by atoms with Crippen molar-refractivity contribution in [2.45, 2.75) is 51.6 Å². The van der Waals surface area contributed by atoms with Crippen molar-refractivity contribution in [1.29, 1.82) is 0 Å². The summed E-state index contributed by atoms with van der Waals surface area (Å²) >= 11 is 0. The summed E-state index contributed by atoms with van der Waals surface area (Å²) in [5.41, 5.74) is 3.46. The molecule has 1 aromatic rings. The average Bonchev–Trinajstić information content (AvgIpc) is 2.65. The van der Waals surface area contributed by atoms with E-state index in [0.29, 0.717) is 24.6 Å². The molecule has 2 amide bonds. The lowest BCUT2D eigenvalue weighted by atomic mass is 9.60. The van der Waals surface area contributed by atoms with Crippen molar-refractivity contribution in [3.63, 3.8) is 0 Å². The molecule has 0 atom stereocenters. The zero-order valence-corrected chi connectivity index (χ0v) is 15.6. The molecule has 3 aliphatic rings. The predicted octanol–water partition coefficient (Wildman–Crippen LogP) is 2.09. The maximum atomic E-state index is 14.5. The van der Waals surface area contributed by atoms with Crippen molar-refractivity contribution in [3.8, 4) is 0 Å². The highest BCUT2D eigenvalue weighted by atomic mass is 19.1. The van der Waals surface area contributed by atoms with Crippen LogP contribution in [-0.4, -0.2) is 52.5 Å². The van der Waals surface area contributed by atoms with Gasteiger partial charge >= 0.3 is 0 Å². The lowest BCUT2D eigenvalue weighted by Crippen LogP contribution is -2.58. The quantitative estimate of drug-likeness (QED) is 0.613. The van der Waals surface area contributed by atoms with Gasteiger partial charge in [0.2, 0.25) is 5.91 Å². The van der Waals surface area contributed by atoms with E-state index in [4.69, 9.17) is 5.21 Å². The van der Waals surface area contributed by atoms with Gasteiger partial charge in [-0.2, -0.15) is 0 Å². The van der Waals surface area contributed by atoms with Crippen LogP contribution in [0.2, 0.25) is 0 Å². The van der Waals surface area contributed by atoms with Crippen molar-refractivity contribution >= 4 is 11.8 Å². The van der Waals surface area contributed by atoms with Crippen molar-refractivity contribution in [1.82, 2.24) is 15.3 Å². The number of hydrogen-bond donors (Lipinski definition) is 2. The van der Waals surface area contributed by atoms with Crippen LogP contribution in [0.4, 0.5) is 4.39 Å². The molecule has 0 bridgehead atoms. The molecule has 7 heteroatoms. The number of hydroxylamine groups is 1. The Kier molecular flexibility index (Phi) is 4.68.